The fourth-order valence-corrected chi connectivity index (χ4v) is 4.03. The molecule has 1 atom stereocenters. The second-order valence-electron chi connectivity index (χ2n) is 7.29. The Morgan fingerprint density at radius 1 is 1.19 bits per heavy atom. The predicted octanol–water partition coefficient (Wildman–Crippen LogP) is 2.83. The number of fused-ring (bicyclic) bond motifs is 1. The van der Waals surface area contributed by atoms with E-state index in [9.17, 15) is 9.90 Å². The highest BCUT2D eigenvalue weighted by Crippen LogP contribution is 2.29. The van der Waals surface area contributed by atoms with E-state index < -0.39 is 0 Å². The van der Waals surface area contributed by atoms with E-state index in [0.29, 0.717) is 17.4 Å². The van der Waals surface area contributed by atoms with Gasteiger partial charge in [-0.15, -0.1) is 0 Å². The summed E-state index contributed by atoms with van der Waals surface area (Å²) in [5.41, 5.74) is 3.16. The van der Waals surface area contributed by atoms with Gasteiger partial charge in [-0.1, -0.05) is 23.7 Å². The zero-order valence-electron chi connectivity index (χ0n) is 15.1. The lowest BCUT2D eigenvalue weighted by Crippen LogP contribution is -2.39. The largest absolute Gasteiger partial charge is 0.393 e. The molecule has 1 aromatic carbocycles. The van der Waals surface area contributed by atoms with Gasteiger partial charge in [0.2, 0.25) is 11.9 Å². The minimum atomic E-state index is -0.321. The number of aromatic nitrogens is 2. The van der Waals surface area contributed by atoms with Crippen LogP contribution in [0.15, 0.2) is 30.6 Å². The van der Waals surface area contributed by atoms with Crippen molar-refractivity contribution in [1.29, 1.82) is 0 Å². The molecule has 0 saturated carbocycles. The van der Waals surface area contributed by atoms with E-state index in [1.807, 2.05) is 12.1 Å². The maximum absolute atomic E-state index is 12.8. The summed E-state index contributed by atoms with van der Waals surface area (Å²) >= 11 is 5.84. The van der Waals surface area contributed by atoms with Gasteiger partial charge in [-0.05, 0) is 42.9 Å². The van der Waals surface area contributed by atoms with Crippen molar-refractivity contribution in [2.24, 2.45) is 5.92 Å². The third-order valence-corrected chi connectivity index (χ3v) is 5.67. The molecule has 1 aromatic heterocycles. The summed E-state index contributed by atoms with van der Waals surface area (Å²) in [6, 6.07) is 6.00. The zero-order valence-corrected chi connectivity index (χ0v) is 15.8. The van der Waals surface area contributed by atoms with Gasteiger partial charge in [0.05, 0.1) is 23.5 Å². The second-order valence-corrected chi connectivity index (χ2v) is 7.73. The van der Waals surface area contributed by atoms with Crippen molar-refractivity contribution in [3.63, 3.8) is 0 Å². The van der Waals surface area contributed by atoms with Gasteiger partial charge in [-0.25, -0.2) is 9.97 Å². The molecule has 0 radical (unpaired) electrons. The van der Waals surface area contributed by atoms with E-state index in [1.165, 1.54) is 5.56 Å². The molecule has 1 amide bonds. The Labute approximate surface area is 163 Å². The monoisotopic (exact) mass is 386 g/mol. The highest BCUT2D eigenvalue weighted by Gasteiger charge is 2.27. The molecule has 142 valence electrons. The van der Waals surface area contributed by atoms with Crippen LogP contribution in [0.4, 0.5) is 11.6 Å². The number of piperidine rings is 1. The van der Waals surface area contributed by atoms with E-state index in [-0.39, 0.29) is 17.9 Å². The van der Waals surface area contributed by atoms with Crippen LogP contribution in [0.3, 0.4) is 0 Å². The summed E-state index contributed by atoms with van der Waals surface area (Å²) in [6.45, 7) is 1.48. The average molecular weight is 387 g/mol. The smallest absolute Gasteiger partial charge is 0.227 e. The molecule has 2 aromatic rings. The fourth-order valence-electron chi connectivity index (χ4n) is 3.93. The predicted molar refractivity (Wildman–Crippen MR) is 105 cm³/mol. The number of carbonyl (C=O) groups excluding carboxylic acids is 1. The van der Waals surface area contributed by atoms with Crippen LogP contribution < -0.4 is 10.2 Å². The molecule has 2 heterocycles. The topological polar surface area (TPSA) is 78.4 Å². The summed E-state index contributed by atoms with van der Waals surface area (Å²) in [5.74, 6) is 0.683. The van der Waals surface area contributed by atoms with Crippen molar-refractivity contribution in [3.05, 3.63) is 46.7 Å². The Bertz CT molecular complexity index is 819. The van der Waals surface area contributed by atoms with Crippen molar-refractivity contribution in [2.45, 2.75) is 38.2 Å². The number of aliphatic hydroxyl groups is 1. The highest BCUT2D eigenvalue weighted by atomic mass is 35.5. The lowest BCUT2D eigenvalue weighted by molar-refractivity contribution is -0.120. The fraction of sp³-hybridized carbons (Fsp3) is 0.450. The van der Waals surface area contributed by atoms with Crippen molar-refractivity contribution in [1.82, 2.24) is 9.97 Å². The summed E-state index contributed by atoms with van der Waals surface area (Å²) in [5, 5.41) is 13.6. The molecule has 2 N–H and O–H groups in total. The van der Waals surface area contributed by atoms with Crippen LogP contribution >= 0.6 is 11.6 Å². The first kappa shape index (κ1) is 18.2. The molecule has 2 aliphatic rings. The first-order valence-corrected chi connectivity index (χ1v) is 9.80. The van der Waals surface area contributed by atoms with Crippen molar-refractivity contribution in [3.8, 4) is 0 Å². The van der Waals surface area contributed by atoms with Gasteiger partial charge in [0.1, 0.15) is 0 Å². The van der Waals surface area contributed by atoms with Gasteiger partial charge >= 0.3 is 0 Å². The SMILES string of the molecule is O=C(Nc1cccc2c1C[C@H](O)CC2)C1CCN(c2ncc(Cl)cn2)CC1. The molecule has 1 aliphatic heterocycles. The van der Waals surface area contributed by atoms with E-state index in [2.05, 4.69) is 26.3 Å². The van der Waals surface area contributed by atoms with Crippen LogP contribution in [0.25, 0.3) is 0 Å². The zero-order chi connectivity index (χ0) is 18.8. The Hall–Kier alpha value is -2.18. The summed E-state index contributed by atoms with van der Waals surface area (Å²) < 4.78 is 0. The van der Waals surface area contributed by atoms with Gasteiger partial charge in [0.15, 0.2) is 0 Å². The van der Waals surface area contributed by atoms with E-state index >= 15 is 0 Å². The second kappa shape index (κ2) is 7.82. The number of amides is 1. The van der Waals surface area contributed by atoms with Crippen molar-refractivity contribution >= 4 is 29.1 Å². The normalized spacial score (nSPS) is 20.2. The van der Waals surface area contributed by atoms with Crippen molar-refractivity contribution < 1.29 is 9.90 Å². The minimum absolute atomic E-state index is 0.0297. The first-order valence-electron chi connectivity index (χ1n) is 9.42. The maximum Gasteiger partial charge on any atom is 0.227 e. The number of hydrogen-bond donors (Lipinski definition) is 2. The molecule has 4 rings (SSSR count). The number of halogens is 1. The average Bonchev–Trinajstić information content (AvgIpc) is 2.69. The van der Waals surface area contributed by atoms with Gasteiger partial charge in [0.25, 0.3) is 0 Å². The summed E-state index contributed by atoms with van der Waals surface area (Å²) in [4.78, 5) is 23.4. The van der Waals surface area contributed by atoms with Crippen LogP contribution in [-0.4, -0.2) is 40.2 Å². The molecular weight excluding hydrogens is 364 g/mol. The van der Waals surface area contributed by atoms with Crippen LogP contribution in [0.1, 0.15) is 30.4 Å². The lowest BCUT2D eigenvalue weighted by Gasteiger charge is -2.31. The Morgan fingerprint density at radius 3 is 2.67 bits per heavy atom. The minimum Gasteiger partial charge on any atom is -0.393 e. The van der Waals surface area contributed by atoms with Gasteiger partial charge in [-0.2, -0.15) is 0 Å². The molecule has 6 nitrogen and oxygen atoms in total. The molecular formula is C20H23ClN4O2. The van der Waals surface area contributed by atoms with Crippen molar-refractivity contribution in [2.75, 3.05) is 23.3 Å². The maximum atomic E-state index is 12.8. The molecule has 0 unspecified atom stereocenters. The Balaban J connectivity index is 1.38. The molecule has 1 fully saturated rings. The van der Waals surface area contributed by atoms with Crippen LogP contribution in [-0.2, 0) is 17.6 Å². The Morgan fingerprint density at radius 2 is 1.93 bits per heavy atom. The van der Waals surface area contributed by atoms with Gasteiger partial charge < -0.3 is 15.3 Å². The van der Waals surface area contributed by atoms with E-state index in [0.717, 1.165) is 50.0 Å². The number of nitrogens with zero attached hydrogens (tertiary/aromatic N) is 3. The lowest BCUT2D eigenvalue weighted by atomic mass is 9.88. The van der Waals surface area contributed by atoms with Crippen LogP contribution in [0.5, 0.6) is 0 Å². The first-order chi connectivity index (χ1) is 13.1. The quantitative estimate of drug-likeness (QED) is 0.848. The highest BCUT2D eigenvalue weighted by molar-refractivity contribution is 6.30. The number of benzene rings is 1. The van der Waals surface area contributed by atoms with Gasteiger partial charge in [-0.3, -0.25) is 4.79 Å². The van der Waals surface area contributed by atoms with E-state index in [4.69, 9.17) is 11.6 Å². The molecule has 1 saturated heterocycles. The molecule has 27 heavy (non-hydrogen) atoms. The van der Waals surface area contributed by atoms with E-state index in [1.54, 1.807) is 12.4 Å². The number of anilines is 2. The number of aliphatic hydroxyl groups excluding tert-OH is 1. The molecule has 0 bridgehead atoms. The standard InChI is InChI=1S/C20H23ClN4O2/c21-15-11-22-20(23-12-15)25-8-6-14(7-9-25)19(27)24-18-3-1-2-13-4-5-16(26)10-17(13)18/h1-3,11-12,14,16,26H,4-10H2,(H,24,27)/t16-/m1/s1. The molecule has 1 aliphatic carbocycles. The number of nitrogens with one attached hydrogen (secondary N) is 1. The number of rotatable bonds is 3. The number of aryl methyl sites for hydroxylation is 1. The summed E-state index contributed by atoms with van der Waals surface area (Å²) in [7, 11) is 0. The van der Waals surface area contributed by atoms with Gasteiger partial charge in [0, 0.05) is 31.1 Å². The molecule has 0 spiro atoms. The third-order valence-electron chi connectivity index (χ3n) is 5.47. The number of carbonyl (C=O) groups is 1. The number of hydrogen-bond acceptors (Lipinski definition) is 5. The third kappa shape index (κ3) is 4.06. The Kier molecular flexibility index (Phi) is 5.27. The summed E-state index contributed by atoms with van der Waals surface area (Å²) in [6.07, 6.45) is 6.64. The van der Waals surface area contributed by atoms with Crippen LogP contribution in [0, 0.1) is 5.92 Å². The van der Waals surface area contributed by atoms with Crippen LogP contribution in [0.2, 0.25) is 5.02 Å². The molecule has 7 heteroatoms.